The number of amides is 3. The number of carboxylic acid groups (broad SMARTS) is 1. The van der Waals surface area contributed by atoms with Crippen molar-refractivity contribution in [3.63, 3.8) is 0 Å². The van der Waals surface area contributed by atoms with E-state index in [1.54, 1.807) is 25.8 Å². The lowest BCUT2D eigenvalue weighted by atomic mass is 9.85. The van der Waals surface area contributed by atoms with Crippen LogP contribution in [0.2, 0.25) is 0 Å². The van der Waals surface area contributed by atoms with Crippen molar-refractivity contribution in [2.75, 3.05) is 26.7 Å². The van der Waals surface area contributed by atoms with Gasteiger partial charge in [-0.05, 0) is 51.4 Å². The molecule has 5 atom stereocenters. The number of hydrogen-bond donors (Lipinski definition) is 3. The molecule has 3 amide bonds. The van der Waals surface area contributed by atoms with Gasteiger partial charge in [-0.3, -0.25) is 14.9 Å². The van der Waals surface area contributed by atoms with Crippen LogP contribution in [-0.2, 0) is 19.1 Å². The van der Waals surface area contributed by atoms with Crippen molar-refractivity contribution in [2.45, 2.75) is 95.8 Å². The number of hydrogen-bond acceptors (Lipinski definition) is 6. The van der Waals surface area contributed by atoms with Gasteiger partial charge in [0, 0.05) is 20.1 Å². The normalized spacial score (nSPS) is 25.8. The molecule has 2 heterocycles. The van der Waals surface area contributed by atoms with E-state index in [-0.39, 0.29) is 48.9 Å². The first-order valence-corrected chi connectivity index (χ1v) is 13.2. The molecule has 11 heteroatoms. The summed E-state index contributed by atoms with van der Waals surface area (Å²) < 4.78 is 5.28. The molecule has 3 N–H and O–H groups in total. The molecule has 0 radical (unpaired) electrons. The Morgan fingerprint density at radius 2 is 1.81 bits per heavy atom. The Morgan fingerprint density at radius 3 is 2.42 bits per heavy atom. The second-order valence-corrected chi connectivity index (χ2v) is 10.2. The summed E-state index contributed by atoms with van der Waals surface area (Å²) in [5.74, 6) is -1.15. The fourth-order valence-corrected chi connectivity index (χ4v) is 6.07. The predicted molar refractivity (Wildman–Crippen MR) is 137 cm³/mol. The number of carbonyl (C=O) groups excluding carboxylic acids is 3. The highest BCUT2D eigenvalue weighted by molar-refractivity contribution is 5.88. The maximum Gasteiger partial charge on any atom is 0.326 e. The Balaban J connectivity index is 0.00000456. The number of nitrogens with zero attached hydrogens (tertiary/aromatic N) is 2. The number of nitrogens with one attached hydrogen (secondary N) is 2. The zero-order valence-electron chi connectivity index (χ0n) is 21.7. The summed E-state index contributed by atoms with van der Waals surface area (Å²) in [5.41, 5.74) is 0. The summed E-state index contributed by atoms with van der Waals surface area (Å²) in [6, 6.07) is -2.90. The topological polar surface area (TPSA) is 128 Å². The van der Waals surface area contributed by atoms with Crippen molar-refractivity contribution in [1.29, 1.82) is 0 Å². The molecular formula is C25H43ClN4O6. The van der Waals surface area contributed by atoms with Gasteiger partial charge in [-0.25, -0.2) is 9.59 Å². The number of carboxylic acids is 1. The first-order chi connectivity index (χ1) is 16.8. The smallest absolute Gasteiger partial charge is 0.326 e. The van der Waals surface area contributed by atoms with Crippen molar-refractivity contribution in [3.05, 3.63) is 0 Å². The van der Waals surface area contributed by atoms with E-state index in [0.29, 0.717) is 38.3 Å². The molecule has 1 saturated carbocycles. The molecular weight excluding hydrogens is 488 g/mol. The molecule has 3 aliphatic rings. The Bertz CT molecular complexity index is 778. The van der Waals surface area contributed by atoms with Crippen LogP contribution >= 0.6 is 12.4 Å². The van der Waals surface area contributed by atoms with Crippen LogP contribution in [0.1, 0.15) is 71.6 Å². The van der Waals surface area contributed by atoms with Gasteiger partial charge < -0.3 is 25.0 Å². The van der Waals surface area contributed by atoms with Crippen LogP contribution < -0.4 is 10.6 Å². The van der Waals surface area contributed by atoms with Gasteiger partial charge in [0.15, 0.2) is 0 Å². The number of rotatable bonds is 9. The van der Waals surface area contributed by atoms with E-state index in [4.69, 9.17) is 4.74 Å². The van der Waals surface area contributed by atoms with E-state index < -0.39 is 24.1 Å². The van der Waals surface area contributed by atoms with Crippen molar-refractivity contribution < 1.29 is 29.0 Å². The number of fused-ring (bicyclic) bond motifs is 1. The van der Waals surface area contributed by atoms with E-state index >= 15 is 0 Å². The zero-order valence-corrected chi connectivity index (χ0v) is 22.6. The third-order valence-electron chi connectivity index (χ3n) is 7.96. The van der Waals surface area contributed by atoms with Crippen molar-refractivity contribution in [3.8, 4) is 0 Å². The largest absolute Gasteiger partial charge is 0.480 e. The molecule has 3 fully saturated rings. The number of carbonyl (C=O) groups is 4. The second kappa shape index (κ2) is 14.0. The average molecular weight is 531 g/mol. The Hall–Kier alpha value is -2.07. The molecule has 206 valence electrons. The number of halogens is 1. The number of aliphatic carboxylic acids is 1. The Labute approximate surface area is 220 Å². The minimum atomic E-state index is -1.04. The zero-order chi connectivity index (χ0) is 25.5. The summed E-state index contributed by atoms with van der Waals surface area (Å²) in [5, 5.41) is 15.6. The van der Waals surface area contributed by atoms with Gasteiger partial charge >= 0.3 is 18.0 Å². The fourth-order valence-electron chi connectivity index (χ4n) is 6.07. The predicted octanol–water partition coefficient (Wildman–Crippen LogP) is 2.39. The summed E-state index contributed by atoms with van der Waals surface area (Å²) in [6.07, 6.45) is 8.55. The minimum absolute atomic E-state index is 0. The lowest BCUT2D eigenvalue weighted by Gasteiger charge is -2.39. The monoisotopic (exact) mass is 530 g/mol. The molecule has 0 bridgehead atoms. The molecule has 0 aromatic heterocycles. The van der Waals surface area contributed by atoms with Crippen LogP contribution in [0.3, 0.4) is 0 Å². The van der Waals surface area contributed by atoms with Gasteiger partial charge in [0.25, 0.3) is 0 Å². The number of piperidine rings is 1. The summed E-state index contributed by atoms with van der Waals surface area (Å²) in [7, 11) is 1.56. The van der Waals surface area contributed by atoms with Gasteiger partial charge in [-0.2, -0.15) is 0 Å². The van der Waals surface area contributed by atoms with Crippen LogP contribution in [0.5, 0.6) is 0 Å². The van der Waals surface area contributed by atoms with Crippen molar-refractivity contribution in [1.82, 2.24) is 20.4 Å². The average Bonchev–Trinajstić information content (AvgIpc) is 3.25. The standard InChI is InChI=1S/C25H42N4O6.ClH/c1-4-35-24(33)19(11-10-17-8-6-5-7-9-17)27-16(2)22(30)29-20(23(31)32)14-18-12-13-28(15-21(18)29)25(34)26-3;/h16-21,27H,4-15H2,1-3H3,(H,26,34)(H,31,32);1H/t16-,18?,19?,20?,21?;/m0./s1. The highest BCUT2D eigenvalue weighted by Crippen LogP contribution is 2.36. The van der Waals surface area contributed by atoms with Crippen LogP contribution in [0.4, 0.5) is 4.79 Å². The Kier molecular flexibility index (Phi) is 11.7. The highest BCUT2D eigenvalue weighted by atomic mass is 35.5. The van der Waals surface area contributed by atoms with Crippen molar-refractivity contribution in [2.24, 2.45) is 11.8 Å². The van der Waals surface area contributed by atoms with Crippen molar-refractivity contribution >= 4 is 36.3 Å². The van der Waals surface area contributed by atoms with Crippen LogP contribution in [0.15, 0.2) is 0 Å². The van der Waals surface area contributed by atoms with Crippen LogP contribution in [-0.4, -0.2) is 89.7 Å². The maximum absolute atomic E-state index is 13.6. The number of esters is 1. The molecule has 10 nitrogen and oxygen atoms in total. The van der Waals surface area contributed by atoms with Crippen LogP contribution in [0.25, 0.3) is 0 Å². The lowest BCUT2D eigenvalue weighted by Crippen LogP contribution is -2.59. The number of ether oxygens (including phenoxy) is 1. The van der Waals surface area contributed by atoms with E-state index in [2.05, 4.69) is 10.6 Å². The SMILES string of the molecule is CCOC(=O)C(CCC1CCCCC1)N[C@@H](C)C(=O)N1C(C(=O)O)CC2CCN(C(=O)NC)CC21.Cl. The first kappa shape index (κ1) is 30.2. The van der Waals surface area contributed by atoms with Gasteiger partial charge in [-0.15, -0.1) is 12.4 Å². The maximum atomic E-state index is 13.6. The second-order valence-electron chi connectivity index (χ2n) is 10.2. The van der Waals surface area contributed by atoms with E-state index in [0.717, 1.165) is 6.42 Å². The minimum Gasteiger partial charge on any atom is -0.480 e. The van der Waals surface area contributed by atoms with Gasteiger partial charge in [0.1, 0.15) is 12.1 Å². The molecule has 4 unspecified atom stereocenters. The summed E-state index contributed by atoms with van der Waals surface area (Å²) in [4.78, 5) is 53.6. The van der Waals surface area contributed by atoms with Gasteiger partial charge in [0.2, 0.25) is 5.91 Å². The number of urea groups is 1. The molecule has 0 spiro atoms. The molecule has 36 heavy (non-hydrogen) atoms. The van der Waals surface area contributed by atoms with Crippen LogP contribution in [0, 0.1) is 11.8 Å². The van der Waals surface area contributed by atoms with E-state index in [1.165, 1.54) is 37.0 Å². The quantitative estimate of drug-likeness (QED) is 0.390. The molecule has 0 aromatic rings. The van der Waals surface area contributed by atoms with Gasteiger partial charge in [0.05, 0.1) is 18.7 Å². The third-order valence-corrected chi connectivity index (χ3v) is 7.96. The van der Waals surface area contributed by atoms with Gasteiger partial charge in [-0.1, -0.05) is 32.1 Å². The molecule has 1 aliphatic carbocycles. The summed E-state index contributed by atoms with van der Waals surface area (Å²) in [6.45, 7) is 4.54. The number of likely N-dealkylation sites (tertiary alicyclic amines) is 2. The highest BCUT2D eigenvalue weighted by Gasteiger charge is 2.50. The molecule has 0 aromatic carbocycles. The first-order valence-electron chi connectivity index (χ1n) is 13.2. The Morgan fingerprint density at radius 1 is 1.11 bits per heavy atom. The fraction of sp³-hybridized carbons (Fsp3) is 0.840. The summed E-state index contributed by atoms with van der Waals surface area (Å²) >= 11 is 0. The van der Waals surface area contributed by atoms with E-state index in [9.17, 15) is 24.3 Å². The third kappa shape index (κ3) is 7.25. The lowest BCUT2D eigenvalue weighted by molar-refractivity contribution is -0.152. The molecule has 3 rings (SSSR count). The molecule has 2 saturated heterocycles. The van der Waals surface area contributed by atoms with E-state index in [1.807, 2.05) is 0 Å². The molecule has 2 aliphatic heterocycles.